The molecule has 0 aromatic carbocycles. The first-order chi connectivity index (χ1) is 13.8. The van der Waals surface area contributed by atoms with Crippen molar-refractivity contribution >= 4 is 23.6 Å². The summed E-state index contributed by atoms with van der Waals surface area (Å²) in [6.07, 6.45) is -1.92. The molecule has 154 valence electrons. The highest BCUT2D eigenvalue weighted by Crippen LogP contribution is 2.64. The van der Waals surface area contributed by atoms with Gasteiger partial charge in [-0.2, -0.15) is 23.3 Å². The third-order valence-corrected chi connectivity index (χ3v) is 6.15. The Balaban J connectivity index is 1.50. The summed E-state index contributed by atoms with van der Waals surface area (Å²) in [6.45, 7) is 2.40. The second-order valence-electron chi connectivity index (χ2n) is 7.78. The number of nitrogens with one attached hydrogen (secondary N) is 2. The number of alkyl halides is 3. The first-order valence-electron chi connectivity index (χ1n) is 9.43. The van der Waals surface area contributed by atoms with Gasteiger partial charge in [0.15, 0.2) is 0 Å². The zero-order valence-corrected chi connectivity index (χ0v) is 15.7. The molecule has 3 atom stereocenters. The van der Waals surface area contributed by atoms with E-state index in [1.165, 1.54) is 7.05 Å². The van der Waals surface area contributed by atoms with E-state index in [4.69, 9.17) is 4.74 Å². The summed E-state index contributed by atoms with van der Waals surface area (Å²) in [7, 11) is 1.37. The number of ether oxygens (including phenoxy) is 1. The van der Waals surface area contributed by atoms with Crippen LogP contribution in [-0.4, -0.2) is 39.4 Å². The van der Waals surface area contributed by atoms with Gasteiger partial charge >= 0.3 is 12.1 Å². The molecule has 2 N–H and O–H groups in total. The van der Waals surface area contributed by atoms with Gasteiger partial charge < -0.3 is 15.4 Å². The number of nitrogens with zero attached hydrogens (tertiary/aromatic N) is 4. The minimum Gasteiger partial charge on any atom is -0.465 e. The number of carbonyl (C=O) groups is 1. The van der Waals surface area contributed by atoms with Gasteiger partial charge in [0.05, 0.1) is 18.3 Å². The first kappa shape index (κ1) is 18.2. The predicted molar refractivity (Wildman–Crippen MR) is 95.7 cm³/mol. The molecule has 0 spiro atoms. The molecule has 1 aliphatic heterocycles. The molecule has 11 heteroatoms. The molecule has 3 fully saturated rings. The van der Waals surface area contributed by atoms with Crippen molar-refractivity contribution in [1.29, 1.82) is 0 Å². The second-order valence-corrected chi connectivity index (χ2v) is 7.78. The summed E-state index contributed by atoms with van der Waals surface area (Å²) in [5.41, 5.74) is -1.02. The van der Waals surface area contributed by atoms with Crippen LogP contribution >= 0.6 is 0 Å². The molecule has 29 heavy (non-hydrogen) atoms. The molecule has 0 radical (unpaired) electrons. The molecule has 5 rings (SSSR count). The van der Waals surface area contributed by atoms with Crippen molar-refractivity contribution in [1.82, 2.24) is 19.7 Å². The van der Waals surface area contributed by atoms with Crippen molar-refractivity contribution in [3.63, 3.8) is 0 Å². The number of rotatable bonds is 5. The molecule has 3 heterocycles. The van der Waals surface area contributed by atoms with Crippen LogP contribution in [0.15, 0.2) is 12.3 Å². The Bertz CT molecular complexity index is 1000. The summed E-state index contributed by atoms with van der Waals surface area (Å²) in [4.78, 5) is 20.2. The largest absolute Gasteiger partial charge is 0.465 e. The van der Waals surface area contributed by atoms with Gasteiger partial charge in [-0.1, -0.05) is 6.92 Å². The average molecular weight is 408 g/mol. The number of aromatic nitrogens is 4. The SMILES string of the molecule is CNc1nc(Nc2cc([C@]34C(=O)OCC3[C@H]4C)nn2C2CC2)ncc1C(F)(F)F. The van der Waals surface area contributed by atoms with Crippen LogP contribution in [0.2, 0.25) is 0 Å². The highest BCUT2D eigenvalue weighted by atomic mass is 19.4. The molecule has 0 bridgehead atoms. The maximum Gasteiger partial charge on any atom is 0.421 e. The zero-order valence-electron chi connectivity index (χ0n) is 15.7. The van der Waals surface area contributed by atoms with Crippen molar-refractivity contribution < 1.29 is 22.7 Å². The van der Waals surface area contributed by atoms with Gasteiger partial charge in [0, 0.05) is 25.2 Å². The minimum absolute atomic E-state index is 0.0163. The van der Waals surface area contributed by atoms with Crippen LogP contribution in [0.1, 0.15) is 37.1 Å². The molecular formula is C18H19F3N6O2. The van der Waals surface area contributed by atoms with E-state index in [-0.39, 0.29) is 35.6 Å². The Morgan fingerprint density at radius 1 is 1.34 bits per heavy atom. The van der Waals surface area contributed by atoms with Crippen molar-refractivity contribution in [2.75, 3.05) is 24.3 Å². The fourth-order valence-corrected chi connectivity index (χ4v) is 4.32. The van der Waals surface area contributed by atoms with E-state index in [2.05, 4.69) is 25.7 Å². The summed E-state index contributed by atoms with van der Waals surface area (Å²) < 4.78 is 46.2. The fraction of sp³-hybridized carbons (Fsp3) is 0.556. The maximum absolute atomic E-state index is 13.1. The molecule has 2 saturated carbocycles. The highest BCUT2D eigenvalue weighted by molar-refractivity contribution is 5.90. The number of esters is 1. The van der Waals surface area contributed by atoms with Gasteiger partial charge in [-0.05, 0) is 18.8 Å². The molecule has 1 saturated heterocycles. The molecule has 8 nitrogen and oxygen atoms in total. The lowest BCUT2D eigenvalue weighted by molar-refractivity contribution is -0.143. The van der Waals surface area contributed by atoms with Gasteiger partial charge in [0.25, 0.3) is 0 Å². The number of halogens is 3. The Labute approximate surface area is 163 Å². The van der Waals surface area contributed by atoms with Crippen LogP contribution < -0.4 is 10.6 Å². The molecular weight excluding hydrogens is 389 g/mol. The topological polar surface area (TPSA) is 94.0 Å². The molecule has 3 aliphatic rings. The molecule has 2 aromatic heterocycles. The molecule has 1 unspecified atom stereocenters. The van der Waals surface area contributed by atoms with Gasteiger partial charge in [0.2, 0.25) is 5.95 Å². The number of hydrogen-bond donors (Lipinski definition) is 2. The van der Waals surface area contributed by atoms with Crippen LogP contribution in [0.3, 0.4) is 0 Å². The lowest BCUT2D eigenvalue weighted by Crippen LogP contribution is -2.22. The van der Waals surface area contributed by atoms with Crippen molar-refractivity contribution in [3.8, 4) is 0 Å². The smallest absolute Gasteiger partial charge is 0.421 e. The van der Waals surface area contributed by atoms with Gasteiger partial charge in [-0.25, -0.2) is 9.67 Å². The van der Waals surface area contributed by atoms with Crippen LogP contribution in [0, 0.1) is 11.8 Å². The summed E-state index contributed by atoms with van der Waals surface area (Å²) in [6, 6.07) is 1.95. The molecule has 2 aromatic rings. The van der Waals surface area contributed by atoms with E-state index in [1.807, 2.05) is 6.92 Å². The van der Waals surface area contributed by atoms with Gasteiger partial charge in [-0.15, -0.1) is 0 Å². The first-order valence-corrected chi connectivity index (χ1v) is 9.43. The Morgan fingerprint density at radius 3 is 2.69 bits per heavy atom. The standard InChI is InChI=1S/C18H19F3N6O2/c1-8-11-7-29-15(28)17(8,11)12-5-13(27(26-12)9-3-4-9)24-16-23-6-10(18(19,20)21)14(22-2)25-16/h5-6,8-9,11H,3-4,7H2,1-2H3,(H2,22,23,24,25)/t8-,11?,17-/m1/s1. The summed E-state index contributed by atoms with van der Waals surface area (Å²) >= 11 is 0. The number of hydrogen-bond acceptors (Lipinski definition) is 7. The van der Waals surface area contributed by atoms with Gasteiger partial charge in [0.1, 0.15) is 22.6 Å². The van der Waals surface area contributed by atoms with Crippen molar-refractivity contribution in [2.24, 2.45) is 11.8 Å². The van der Waals surface area contributed by atoms with Crippen LogP contribution in [-0.2, 0) is 21.1 Å². The van der Waals surface area contributed by atoms with E-state index in [0.717, 1.165) is 19.0 Å². The normalized spacial score (nSPS) is 28.1. The number of cyclic esters (lactones) is 1. The summed E-state index contributed by atoms with van der Waals surface area (Å²) in [5, 5.41) is 10.1. The Kier molecular flexibility index (Phi) is 3.66. The number of anilines is 3. The lowest BCUT2D eigenvalue weighted by Gasteiger charge is -2.13. The lowest BCUT2D eigenvalue weighted by atomic mass is 9.99. The van der Waals surface area contributed by atoms with E-state index in [1.54, 1.807) is 10.7 Å². The number of carbonyl (C=O) groups excluding carboxylic acids is 1. The quantitative estimate of drug-likeness (QED) is 0.735. The van der Waals surface area contributed by atoms with Gasteiger partial charge in [-0.3, -0.25) is 4.79 Å². The van der Waals surface area contributed by atoms with Crippen molar-refractivity contribution in [3.05, 3.63) is 23.5 Å². The Morgan fingerprint density at radius 2 is 2.10 bits per heavy atom. The van der Waals surface area contributed by atoms with E-state index < -0.39 is 17.2 Å². The zero-order chi connectivity index (χ0) is 20.6. The van der Waals surface area contributed by atoms with Crippen LogP contribution in [0.4, 0.5) is 30.8 Å². The molecule has 0 amide bonds. The van der Waals surface area contributed by atoms with E-state index in [0.29, 0.717) is 18.1 Å². The fourth-order valence-electron chi connectivity index (χ4n) is 4.32. The maximum atomic E-state index is 13.1. The van der Waals surface area contributed by atoms with Crippen molar-refractivity contribution in [2.45, 2.75) is 37.4 Å². The summed E-state index contributed by atoms with van der Waals surface area (Å²) in [5.74, 6) is 0.256. The second kappa shape index (κ2) is 5.83. The third-order valence-electron chi connectivity index (χ3n) is 6.15. The van der Waals surface area contributed by atoms with Crippen LogP contribution in [0.25, 0.3) is 0 Å². The monoisotopic (exact) mass is 408 g/mol. The molecule has 2 aliphatic carbocycles. The van der Waals surface area contributed by atoms with E-state index in [9.17, 15) is 18.0 Å². The minimum atomic E-state index is -4.56. The van der Waals surface area contributed by atoms with E-state index >= 15 is 0 Å². The Hall–Kier alpha value is -2.85. The predicted octanol–water partition coefficient (Wildman–Crippen LogP) is 2.87. The average Bonchev–Trinajstić information content (AvgIpc) is 3.52. The third kappa shape index (κ3) is 2.59. The highest BCUT2D eigenvalue weighted by Gasteiger charge is 2.74. The number of fused-ring (bicyclic) bond motifs is 1. The van der Waals surface area contributed by atoms with Crippen LogP contribution in [0.5, 0.6) is 0 Å².